The number of nitrogens with one attached hydrogen (secondary N) is 1. The number of aryl methyl sites for hydroxylation is 1. The second kappa shape index (κ2) is 15.2. The van der Waals surface area contributed by atoms with E-state index in [0.29, 0.717) is 58.5 Å². The van der Waals surface area contributed by atoms with Gasteiger partial charge in [0.2, 0.25) is 0 Å². The number of fused-ring (bicyclic) bond motifs is 10. The summed E-state index contributed by atoms with van der Waals surface area (Å²) in [6.07, 6.45) is -0.0742. The molecule has 0 bridgehead atoms. The van der Waals surface area contributed by atoms with Crippen LogP contribution in [0.25, 0.3) is 98.0 Å². The summed E-state index contributed by atoms with van der Waals surface area (Å²) < 4.78 is 36.2. The minimum Gasteiger partial charge on any atom is -0.378 e. The summed E-state index contributed by atoms with van der Waals surface area (Å²) in [5.41, 5.74) is 4.97. The Morgan fingerprint density at radius 2 is 1.08 bits per heavy atom. The SMILES string of the molecule is CCOP(=O)(O)CCOCCOCCOCCNC(=O)c1ccc2nc3c4ccc5c6ccc7c8c(ccc(c9ccc(c(=O)n3c2c1)c4c95)c68)c(=O)n1c2cc(C)ccc2nc71. The van der Waals surface area contributed by atoms with Crippen molar-refractivity contribution in [1.82, 2.24) is 24.1 Å². The van der Waals surface area contributed by atoms with Gasteiger partial charge in [0.1, 0.15) is 11.3 Å². The van der Waals surface area contributed by atoms with Crippen LogP contribution in [-0.4, -0.2) is 88.5 Å². The lowest BCUT2D eigenvalue weighted by Gasteiger charge is -2.18. The van der Waals surface area contributed by atoms with Crippen LogP contribution in [-0.2, 0) is 23.3 Å². The van der Waals surface area contributed by atoms with Gasteiger partial charge in [0, 0.05) is 44.4 Å². The molecule has 316 valence electrons. The fourth-order valence-corrected chi connectivity index (χ4v) is 10.3. The smallest absolute Gasteiger partial charge is 0.330 e. The molecule has 0 saturated heterocycles. The Balaban J connectivity index is 0.868. The van der Waals surface area contributed by atoms with Crippen molar-refractivity contribution in [2.45, 2.75) is 13.8 Å². The monoisotopic (exact) mass is 861 g/mol. The van der Waals surface area contributed by atoms with Gasteiger partial charge in [-0.2, -0.15) is 0 Å². The average molecular weight is 862 g/mol. The Kier molecular flexibility index (Phi) is 9.50. The molecule has 1 atom stereocenters. The van der Waals surface area contributed by atoms with Gasteiger partial charge in [-0.1, -0.05) is 30.3 Å². The van der Waals surface area contributed by atoms with Crippen molar-refractivity contribution < 1.29 is 33.0 Å². The number of amides is 1. The van der Waals surface area contributed by atoms with Gasteiger partial charge >= 0.3 is 7.60 Å². The van der Waals surface area contributed by atoms with Gasteiger partial charge in [-0.3, -0.25) is 27.8 Å². The molecule has 1 amide bonds. The van der Waals surface area contributed by atoms with E-state index in [1.54, 1.807) is 33.9 Å². The van der Waals surface area contributed by atoms with E-state index in [0.717, 1.165) is 70.5 Å². The number of pyridine rings is 2. The summed E-state index contributed by atoms with van der Waals surface area (Å²) in [6, 6.07) is 27.3. The van der Waals surface area contributed by atoms with Crippen molar-refractivity contribution in [2.75, 3.05) is 59.0 Å². The standard InChI is InChI=1S/C48H40N5O9P/c1-3-62-63(57,58)23-22-61-21-20-60-19-18-59-17-16-49-46(54)27-5-15-37-39(25-27)53-45(51-37)33-11-7-29-28-6-10-32-42-34(47(55)52-38-24-26(2)4-14-36(38)50-44(32)52)12-8-30(40(28)42)31-9-13-35(48(53)56)43(33)41(29)31/h4-15,24-25H,3,16-23H2,1-2H3,(H,49,54)(H,57,58). The largest absolute Gasteiger partial charge is 0.378 e. The number of benzene rings is 7. The predicted molar refractivity (Wildman–Crippen MR) is 246 cm³/mol. The number of carbonyl (C=O) groups is 1. The zero-order valence-electron chi connectivity index (χ0n) is 34.4. The van der Waals surface area contributed by atoms with Crippen LogP contribution in [0.1, 0.15) is 22.8 Å². The maximum atomic E-state index is 14.6. The summed E-state index contributed by atoms with van der Waals surface area (Å²) in [5, 5.41) is 13.4. The minimum atomic E-state index is -3.60. The van der Waals surface area contributed by atoms with Crippen LogP contribution >= 0.6 is 7.60 Å². The van der Waals surface area contributed by atoms with Crippen molar-refractivity contribution in [3.8, 4) is 0 Å². The topological polar surface area (TPSA) is 172 Å². The van der Waals surface area contributed by atoms with Crippen LogP contribution in [0.2, 0.25) is 0 Å². The number of imidazole rings is 2. The molecule has 15 heteroatoms. The molecule has 0 aliphatic carbocycles. The second-order valence-corrected chi connectivity index (χ2v) is 17.8. The van der Waals surface area contributed by atoms with Gasteiger partial charge in [-0.25, -0.2) is 9.97 Å². The maximum absolute atomic E-state index is 14.6. The van der Waals surface area contributed by atoms with Crippen molar-refractivity contribution >= 4 is 111 Å². The number of hydrogen-bond donors (Lipinski definition) is 2. The molecule has 0 saturated carbocycles. The number of ether oxygens (including phenoxy) is 3. The Bertz CT molecular complexity index is 3790. The van der Waals surface area contributed by atoms with Crippen molar-refractivity contribution in [1.29, 1.82) is 0 Å². The third kappa shape index (κ3) is 6.28. The van der Waals surface area contributed by atoms with E-state index in [-0.39, 0.29) is 56.2 Å². The molecule has 63 heavy (non-hydrogen) atoms. The summed E-state index contributed by atoms with van der Waals surface area (Å²) in [7, 11) is -3.60. The highest BCUT2D eigenvalue weighted by Gasteiger charge is 2.24. The van der Waals surface area contributed by atoms with Gasteiger partial charge < -0.3 is 28.9 Å². The first-order valence-electron chi connectivity index (χ1n) is 20.9. The second-order valence-electron chi connectivity index (χ2n) is 15.9. The molecular weight excluding hydrogens is 822 g/mol. The van der Waals surface area contributed by atoms with E-state index in [2.05, 4.69) is 23.5 Å². The molecule has 4 aromatic heterocycles. The first-order valence-corrected chi connectivity index (χ1v) is 22.7. The third-order valence-corrected chi connectivity index (χ3v) is 13.5. The Morgan fingerprint density at radius 3 is 1.63 bits per heavy atom. The van der Waals surface area contributed by atoms with Crippen LogP contribution < -0.4 is 16.4 Å². The summed E-state index contributed by atoms with van der Waals surface area (Å²) in [6.45, 7) is 5.68. The molecule has 0 aliphatic heterocycles. The molecule has 0 radical (unpaired) electrons. The first kappa shape index (κ1) is 39.5. The fraction of sp³-hybridized carbons (Fsp3) is 0.229. The van der Waals surface area contributed by atoms with Crippen molar-refractivity contribution in [3.05, 3.63) is 117 Å². The van der Waals surface area contributed by atoms with E-state index >= 15 is 0 Å². The van der Waals surface area contributed by atoms with Crippen molar-refractivity contribution in [3.63, 3.8) is 0 Å². The molecule has 0 aliphatic rings. The third-order valence-electron chi connectivity index (χ3n) is 12.1. The molecule has 4 heterocycles. The fourth-order valence-electron chi connectivity index (χ4n) is 9.36. The molecule has 11 rings (SSSR count). The first-order chi connectivity index (χ1) is 30.6. The lowest BCUT2D eigenvalue weighted by molar-refractivity contribution is 0.0173. The number of carbonyl (C=O) groups excluding carboxylic acids is 1. The van der Waals surface area contributed by atoms with Crippen LogP contribution in [0.5, 0.6) is 0 Å². The number of aromatic nitrogens is 4. The average Bonchev–Trinajstić information content (AvgIpc) is 3.86. The molecule has 14 nitrogen and oxygen atoms in total. The zero-order valence-corrected chi connectivity index (χ0v) is 35.3. The van der Waals surface area contributed by atoms with Gasteiger partial charge in [-0.15, -0.1) is 0 Å². The molecule has 7 aromatic carbocycles. The molecule has 11 aromatic rings. The van der Waals surface area contributed by atoms with Gasteiger partial charge in [0.05, 0.1) is 74.5 Å². The van der Waals surface area contributed by atoms with Gasteiger partial charge in [0.25, 0.3) is 17.0 Å². The molecule has 2 N–H and O–H groups in total. The molecule has 1 unspecified atom stereocenters. The van der Waals surface area contributed by atoms with E-state index in [9.17, 15) is 23.8 Å². The van der Waals surface area contributed by atoms with Gasteiger partial charge in [0.15, 0.2) is 0 Å². The molecule has 0 fully saturated rings. The summed E-state index contributed by atoms with van der Waals surface area (Å²) >= 11 is 0. The van der Waals surface area contributed by atoms with E-state index < -0.39 is 7.60 Å². The lowest BCUT2D eigenvalue weighted by atomic mass is 9.86. The Hall–Kier alpha value is -6.38. The highest BCUT2D eigenvalue weighted by atomic mass is 31.2. The highest BCUT2D eigenvalue weighted by molar-refractivity contribution is 7.52. The van der Waals surface area contributed by atoms with Crippen LogP contribution in [0, 0.1) is 6.92 Å². The lowest BCUT2D eigenvalue weighted by Crippen LogP contribution is -2.27. The maximum Gasteiger partial charge on any atom is 0.330 e. The van der Waals surface area contributed by atoms with Crippen LogP contribution in [0.15, 0.2) is 94.5 Å². The highest BCUT2D eigenvalue weighted by Crippen LogP contribution is 2.46. The minimum absolute atomic E-state index is 0.0742. The van der Waals surface area contributed by atoms with Crippen LogP contribution in [0.4, 0.5) is 0 Å². The van der Waals surface area contributed by atoms with E-state index in [1.807, 2.05) is 55.5 Å². The van der Waals surface area contributed by atoms with Gasteiger partial charge in [-0.05, 0) is 106 Å². The molecule has 0 spiro atoms. The summed E-state index contributed by atoms with van der Waals surface area (Å²) in [5.74, 6) is -0.309. The number of nitrogens with zero attached hydrogens (tertiary/aromatic N) is 4. The van der Waals surface area contributed by atoms with Crippen molar-refractivity contribution in [2.24, 2.45) is 0 Å². The van der Waals surface area contributed by atoms with Crippen LogP contribution in [0.3, 0.4) is 0 Å². The Morgan fingerprint density at radius 1 is 0.619 bits per heavy atom. The predicted octanol–water partition coefficient (Wildman–Crippen LogP) is 7.55. The number of hydrogen-bond acceptors (Lipinski definition) is 10. The summed E-state index contributed by atoms with van der Waals surface area (Å²) in [4.78, 5) is 61.6. The Labute approximate surface area is 357 Å². The van der Waals surface area contributed by atoms with E-state index in [1.165, 1.54) is 0 Å². The number of rotatable bonds is 15. The normalized spacial score (nSPS) is 13.6. The quantitative estimate of drug-likeness (QED) is 0.0451. The zero-order chi connectivity index (χ0) is 43.1. The van der Waals surface area contributed by atoms with E-state index in [4.69, 9.17) is 28.7 Å². The molecular formula is C48H40N5O9P.